The quantitative estimate of drug-likeness (QED) is 0.720. The molecule has 2 rings (SSSR count). The minimum Gasteiger partial charge on any atom is -0.396 e. The topological polar surface area (TPSA) is 105 Å². The van der Waals surface area contributed by atoms with Gasteiger partial charge in [0, 0.05) is 18.8 Å². The second-order valence-electron chi connectivity index (χ2n) is 4.49. The lowest BCUT2D eigenvalue weighted by Gasteiger charge is -2.19. The Morgan fingerprint density at radius 3 is 2.94 bits per heavy atom. The van der Waals surface area contributed by atoms with Crippen molar-refractivity contribution in [3.8, 4) is 0 Å². The van der Waals surface area contributed by atoms with Crippen molar-refractivity contribution in [2.45, 2.75) is 30.2 Å². The Labute approximate surface area is 106 Å². The summed E-state index contributed by atoms with van der Waals surface area (Å²) in [5.74, 6) is -0.0267. The van der Waals surface area contributed by atoms with Gasteiger partial charge in [-0.25, -0.2) is 18.1 Å². The molecule has 18 heavy (non-hydrogen) atoms. The van der Waals surface area contributed by atoms with E-state index in [2.05, 4.69) is 9.71 Å². The number of aliphatic hydroxyl groups is 1. The number of nitrogens with one attached hydrogen (secondary N) is 1. The summed E-state index contributed by atoms with van der Waals surface area (Å²) in [4.78, 5) is 3.76. The maximum Gasteiger partial charge on any atom is 0.244 e. The fourth-order valence-corrected chi connectivity index (χ4v) is 3.72. The van der Waals surface area contributed by atoms with Gasteiger partial charge < -0.3 is 10.8 Å². The molecule has 0 aromatic carbocycles. The van der Waals surface area contributed by atoms with E-state index >= 15 is 0 Å². The normalized spacial score (nSPS) is 24.3. The van der Waals surface area contributed by atoms with Crippen LogP contribution in [0.5, 0.6) is 0 Å². The SMILES string of the molecule is Nc1ncccc1S(=O)(=O)NC1CCCC1CO. The molecule has 1 heterocycles. The van der Waals surface area contributed by atoms with Gasteiger partial charge >= 0.3 is 0 Å². The fraction of sp³-hybridized carbons (Fsp3) is 0.545. The molecule has 6 nitrogen and oxygen atoms in total. The molecule has 1 aromatic rings. The number of anilines is 1. The van der Waals surface area contributed by atoms with Crippen LogP contribution in [0.25, 0.3) is 0 Å². The van der Waals surface area contributed by atoms with E-state index in [4.69, 9.17) is 5.73 Å². The molecule has 0 aliphatic heterocycles. The summed E-state index contributed by atoms with van der Waals surface area (Å²) in [5, 5.41) is 9.19. The number of pyridine rings is 1. The number of nitrogen functional groups attached to an aromatic ring is 1. The van der Waals surface area contributed by atoms with E-state index in [-0.39, 0.29) is 29.3 Å². The van der Waals surface area contributed by atoms with Gasteiger partial charge in [-0.05, 0) is 30.9 Å². The van der Waals surface area contributed by atoms with Crippen molar-refractivity contribution in [2.24, 2.45) is 5.92 Å². The third kappa shape index (κ3) is 2.63. The van der Waals surface area contributed by atoms with Crippen molar-refractivity contribution >= 4 is 15.8 Å². The zero-order valence-corrected chi connectivity index (χ0v) is 10.7. The van der Waals surface area contributed by atoms with Gasteiger partial charge in [0.05, 0.1) is 0 Å². The molecule has 1 fully saturated rings. The van der Waals surface area contributed by atoms with Crippen molar-refractivity contribution in [1.29, 1.82) is 0 Å². The zero-order valence-electron chi connectivity index (χ0n) is 9.91. The van der Waals surface area contributed by atoms with Gasteiger partial charge in [0.1, 0.15) is 10.7 Å². The van der Waals surface area contributed by atoms with Gasteiger partial charge in [0.25, 0.3) is 0 Å². The van der Waals surface area contributed by atoms with E-state index in [0.29, 0.717) is 0 Å². The van der Waals surface area contributed by atoms with Gasteiger partial charge in [0.15, 0.2) is 0 Å². The lowest BCUT2D eigenvalue weighted by molar-refractivity contribution is 0.213. The molecule has 1 aliphatic carbocycles. The molecule has 0 bridgehead atoms. The third-order valence-electron chi connectivity index (χ3n) is 3.29. The second-order valence-corrected chi connectivity index (χ2v) is 6.17. The van der Waals surface area contributed by atoms with Gasteiger partial charge in [-0.1, -0.05) is 6.42 Å². The number of hydrogen-bond donors (Lipinski definition) is 3. The molecule has 0 saturated heterocycles. The minimum absolute atomic E-state index is 0.00426. The first-order valence-electron chi connectivity index (χ1n) is 5.88. The smallest absolute Gasteiger partial charge is 0.244 e. The van der Waals surface area contributed by atoms with Crippen LogP contribution in [-0.2, 0) is 10.0 Å². The van der Waals surface area contributed by atoms with E-state index in [0.717, 1.165) is 19.3 Å². The van der Waals surface area contributed by atoms with E-state index in [1.165, 1.54) is 18.3 Å². The summed E-state index contributed by atoms with van der Waals surface area (Å²) in [5.41, 5.74) is 5.57. The van der Waals surface area contributed by atoms with Crippen LogP contribution >= 0.6 is 0 Å². The Hall–Kier alpha value is -1.18. The number of nitrogens with zero attached hydrogens (tertiary/aromatic N) is 1. The number of aliphatic hydroxyl groups excluding tert-OH is 1. The largest absolute Gasteiger partial charge is 0.396 e. The Balaban J connectivity index is 2.20. The highest BCUT2D eigenvalue weighted by atomic mass is 32.2. The first-order valence-corrected chi connectivity index (χ1v) is 7.36. The van der Waals surface area contributed by atoms with Crippen LogP contribution in [0.15, 0.2) is 23.2 Å². The molecule has 1 aliphatic rings. The Morgan fingerprint density at radius 2 is 2.28 bits per heavy atom. The van der Waals surface area contributed by atoms with Crippen LogP contribution in [0, 0.1) is 5.92 Å². The van der Waals surface area contributed by atoms with Gasteiger partial charge in [0.2, 0.25) is 10.0 Å². The highest BCUT2D eigenvalue weighted by molar-refractivity contribution is 7.89. The predicted octanol–water partition coefficient (Wildman–Crippen LogP) is 0.103. The third-order valence-corrected chi connectivity index (χ3v) is 4.83. The average Bonchev–Trinajstić information content (AvgIpc) is 2.76. The Kier molecular flexibility index (Phi) is 3.84. The number of hydrogen-bond acceptors (Lipinski definition) is 5. The van der Waals surface area contributed by atoms with E-state index in [1.54, 1.807) is 0 Å². The first kappa shape index (κ1) is 13.3. The molecule has 0 amide bonds. The van der Waals surface area contributed by atoms with Crippen molar-refractivity contribution in [3.05, 3.63) is 18.3 Å². The van der Waals surface area contributed by atoms with Crippen molar-refractivity contribution in [2.75, 3.05) is 12.3 Å². The molecule has 7 heteroatoms. The fourth-order valence-electron chi connectivity index (χ4n) is 2.30. The van der Waals surface area contributed by atoms with Gasteiger partial charge in [-0.15, -0.1) is 0 Å². The van der Waals surface area contributed by atoms with Crippen LogP contribution in [0.4, 0.5) is 5.82 Å². The molecule has 100 valence electrons. The van der Waals surface area contributed by atoms with E-state index < -0.39 is 10.0 Å². The molecule has 0 spiro atoms. The number of aromatic nitrogens is 1. The number of rotatable bonds is 4. The van der Waals surface area contributed by atoms with Crippen LogP contribution < -0.4 is 10.5 Å². The lowest BCUT2D eigenvalue weighted by Crippen LogP contribution is -2.38. The second kappa shape index (κ2) is 5.21. The number of sulfonamides is 1. The van der Waals surface area contributed by atoms with Gasteiger partial charge in [-0.2, -0.15) is 0 Å². The summed E-state index contributed by atoms with van der Waals surface area (Å²) >= 11 is 0. The monoisotopic (exact) mass is 271 g/mol. The zero-order chi connectivity index (χ0) is 13.2. The van der Waals surface area contributed by atoms with Gasteiger partial charge in [-0.3, -0.25) is 0 Å². The maximum atomic E-state index is 12.2. The highest BCUT2D eigenvalue weighted by Gasteiger charge is 2.31. The van der Waals surface area contributed by atoms with Crippen LogP contribution in [0.1, 0.15) is 19.3 Å². The molecule has 0 radical (unpaired) electrons. The summed E-state index contributed by atoms with van der Waals surface area (Å²) in [6.07, 6.45) is 3.94. The maximum absolute atomic E-state index is 12.2. The number of nitrogens with two attached hydrogens (primary N) is 1. The summed E-state index contributed by atoms with van der Waals surface area (Å²) in [6, 6.07) is 2.73. The molecular weight excluding hydrogens is 254 g/mol. The molecule has 4 N–H and O–H groups in total. The molecule has 2 unspecified atom stereocenters. The van der Waals surface area contributed by atoms with Crippen molar-refractivity contribution < 1.29 is 13.5 Å². The van der Waals surface area contributed by atoms with Crippen LogP contribution in [0.3, 0.4) is 0 Å². The van der Waals surface area contributed by atoms with E-state index in [1.807, 2.05) is 0 Å². The molecule has 1 saturated carbocycles. The van der Waals surface area contributed by atoms with Crippen molar-refractivity contribution in [1.82, 2.24) is 9.71 Å². The van der Waals surface area contributed by atoms with Crippen LogP contribution in [-0.4, -0.2) is 31.2 Å². The first-order chi connectivity index (χ1) is 8.54. The molecule has 2 atom stereocenters. The predicted molar refractivity (Wildman–Crippen MR) is 67.2 cm³/mol. The highest BCUT2D eigenvalue weighted by Crippen LogP contribution is 2.27. The Bertz CT molecular complexity index is 518. The summed E-state index contributed by atoms with van der Waals surface area (Å²) in [6.45, 7) is -0.00426. The minimum atomic E-state index is -3.67. The summed E-state index contributed by atoms with van der Waals surface area (Å²) < 4.78 is 26.9. The standard InChI is InChI=1S/C11H17N3O3S/c12-11-10(5-2-6-13-11)18(16,17)14-9-4-1-3-8(9)7-15/h2,5-6,8-9,14-15H,1,3-4,7H2,(H2,12,13). The average molecular weight is 271 g/mol. The summed E-state index contributed by atoms with van der Waals surface area (Å²) in [7, 11) is -3.67. The lowest BCUT2D eigenvalue weighted by atomic mass is 10.1. The Morgan fingerprint density at radius 1 is 1.50 bits per heavy atom. The van der Waals surface area contributed by atoms with Crippen LogP contribution in [0.2, 0.25) is 0 Å². The molecular formula is C11H17N3O3S. The molecule has 1 aromatic heterocycles. The van der Waals surface area contributed by atoms with E-state index in [9.17, 15) is 13.5 Å². The van der Waals surface area contributed by atoms with Crippen molar-refractivity contribution in [3.63, 3.8) is 0 Å².